The summed E-state index contributed by atoms with van der Waals surface area (Å²) >= 11 is 6.50. The van der Waals surface area contributed by atoms with Crippen molar-refractivity contribution in [1.82, 2.24) is 19.9 Å². The van der Waals surface area contributed by atoms with E-state index in [1.54, 1.807) is 0 Å². The van der Waals surface area contributed by atoms with Crippen LogP contribution < -0.4 is 10.6 Å². The van der Waals surface area contributed by atoms with Crippen LogP contribution in [0.5, 0.6) is 0 Å². The van der Waals surface area contributed by atoms with Crippen LogP contribution in [0.1, 0.15) is 56.2 Å². The summed E-state index contributed by atoms with van der Waals surface area (Å²) in [6, 6.07) is 2.00. The fourth-order valence-electron chi connectivity index (χ4n) is 4.16. The summed E-state index contributed by atoms with van der Waals surface area (Å²) < 4.78 is 1.84. The Bertz CT molecular complexity index is 1030. The fraction of sp³-hybridized carbons (Fsp3) is 0.458. The summed E-state index contributed by atoms with van der Waals surface area (Å²) in [5.74, 6) is 1.36. The number of rotatable bonds is 8. The van der Waals surface area contributed by atoms with Crippen molar-refractivity contribution in [3.05, 3.63) is 52.9 Å². The Morgan fingerprint density at radius 1 is 1.19 bits per heavy atom. The number of halogens is 1. The Kier molecular flexibility index (Phi) is 7.07. The van der Waals surface area contributed by atoms with Crippen molar-refractivity contribution in [1.29, 1.82) is 0 Å². The smallest absolute Gasteiger partial charge is 0.223 e. The number of anilines is 1. The standard InChI is InChI=1S/C24H30ClN5O/c1-17-16-28-30-22(26-13-7-8-14-27-24(31)18-9-5-6-10-18)15-21(29-23(17)30)19-11-3-2-4-12-20(19)25/h3-4,11-12,15-16,18,26H,2,5-10,13-14H2,1H3,(H,27,31). The summed E-state index contributed by atoms with van der Waals surface area (Å²) in [4.78, 5) is 16.9. The van der Waals surface area contributed by atoms with Gasteiger partial charge in [-0.15, -0.1) is 0 Å². The van der Waals surface area contributed by atoms with Crippen molar-refractivity contribution in [2.75, 3.05) is 18.4 Å². The highest BCUT2D eigenvalue weighted by Gasteiger charge is 2.21. The second-order valence-electron chi connectivity index (χ2n) is 8.30. The summed E-state index contributed by atoms with van der Waals surface area (Å²) in [7, 11) is 0. The van der Waals surface area contributed by atoms with Crippen LogP contribution in [0.3, 0.4) is 0 Å². The molecule has 2 aromatic heterocycles. The van der Waals surface area contributed by atoms with Gasteiger partial charge >= 0.3 is 0 Å². The molecule has 7 heteroatoms. The Balaban J connectivity index is 1.39. The quantitative estimate of drug-likeness (QED) is 0.567. The number of fused-ring (bicyclic) bond motifs is 1. The molecule has 0 atom stereocenters. The molecule has 0 saturated heterocycles. The Labute approximate surface area is 188 Å². The molecular weight excluding hydrogens is 410 g/mol. The van der Waals surface area contributed by atoms with Crippen molar-refractivity contribution in [3.8, 4) is 0 Å². The minimum atomic E-state index is 0.230. The van der Waals surface area contributed by atoms with Gasteiger partial charge in [-0.3, -0.25) is 4.79 Å². The zero-order valence-electron chi connectivity index (χ0n) is 18.0. The molecule has 2 aromatic rings. The van der Waals surface area contributed by atoms with Crippen LogP contribution in [-0.4, -0.2) is 33.6 Å². The number of aryl methyl sites for hydroxylation is 1. The van der Waals surface area contributed by atoms with Crippen LogP contribution >= 0.6 is 11.6 Å². The molecule has 164 valence electrons. The minimum absolute atomic E-state index is 0.230. The van der Waals surface area contributed by atoms with Crippen molar-refractivity contribution in [3.63, 3.8) is 0 Å². The van der Waals surface area contributed by atoms with Crippen molar-refractivity contribution >= 4 is 34.5 Å². The summed E-state index contributed by atoms with van der Waals surface area (Å²) in [6.45, 7) is 3.53. The maximum absolute atomic E-state index is 12.1. The number of allylic oxidation sites excluding steroid dienone is 6. The third kappa shape index (κ3) is 5.18. The molecule has 0 unspecified atom stereocenters. The highest BCUT2D eigenvalue weighted by Crippen LogP contribution is 2.28. The van der Waals surface area contributed by atoms with Crippen LogP contribution in [0.2, 0.25) is 0 Å². The second-order valence-corrected chi connectivity index (χ2v) is 8.71. The normalized spacial score (nSPS) is 16.8. The number of aromatic nitrogens is 3. The number of carbonyl (C=O) groups excluding carboxylic acids is 1. The van der Waals surface area contributed by atoms with E-state index in [9.17, 15) is 4.79 Å². The lowest BCUT2D eigenvalue weighted by molar-refractivity contribution is -0.124. The van der Waals surface area contributed by atoms with Gasteiger partial charge in [0.25, 0.3) is 0 Å². The number of carbonyl (C=O) groups is 1. The third-order valence-electron chi connectivity index (χ3n) is 5.94. The van der Waals surface area contributed by atoms with Gasteiger partial charge in [0.2, 0.25) is 5.91 Å². The van der Waals surface area contributed by atoms with Gasteiger partial charge in [0.15, 0.2) is 5.65 Å². The molecule has 1 saturated carbocycles. The van der Waals surface area contributed by atoms with E-state index < -0.39 is 0 Å². The molecule has 2 heterocycles. The largest absolute Gasteiger partial charge is 0.370 e. The Morgan fingerprint density at radius 3 is 2.81 bits per heavy atom. The van der Waals surface area contributed by atoms with Gasteiger partial charge < -0.3 is 10.6 Å². The van der Waals surface area contributed by atoms with Gasteiger partial charge in [0, 0.05) is 41.2 Å². The van der Waals surface area contributed by atoms with E-state index in [1.165, 1.54) is 12.8 Å². The van der Waals surface area contributed by atoms with Crippen LogP contribution in [0.15, 0.2) is 41.6 Å². The molecule has 4 rings (SSSR count). The summed E-state index contributed by atoms with van der Waals surface area (Å²) in [5.41, 5.74) is 3.58. The molecule has 1 fully saturated rings. The molecular formula is C24H30ClN5O. The van der Waals surface area contributed by atoms with Gasteiger partial charge in [-0.2, -0.15) is 9.61 Å². The van der Waals surface area contributed by atoms with Crippen molar-refractivity contribution in [2.24, 2.45) is 5.92 Å². The molecule has 0 aliphatic heterocycles. The monoisotopic (exact) mass is 439 g/mol. The number of hydrogen-bond acceptors (Lipinski definition) is 4. The van der Waals surface area contributed by atoms with E-state index in [2.05, 4.69) is 21.8 Å². The molecule has 31 heavy (non-hydrogen) atoms. The third-order valence-corrected chi connectivity index (χ3v) is 6.27. The highest BCUT2D eigenvalue weighted by molar-refractivity contribution is 6.34. The van der Waals surface area contributed by atoms with Gasteiger partial charge in [0.05, 0.1) is 11.9 Å². The Morgan fingerprint density at radius 2 is 1.97 bits per heavy atom. The summed E-state index contributed by atoms with van der Waals surface area (Å²) in [6.07, 6.45) is 17.1. The van der Waals surface area contributed by atoms with Gasteiger partial charge in [-0.1, -0.05) is 42.7 Å². The molecule has 2 N–H and O–H groups in total. The maximum atomic E-state index is 12.1. The van der Waals surface area contributed by atoms with Crippen molar-refractivity contribution in [2.45, 2.75) is 51.9 Å². The SMILES string of the molecule is Cc1cnn2c(NCCCCNC(=O)C3CCCC3)cc(C3=C(Cl)C=CCC=C3)nc12. The van der Waals surface area contributed by atoms with Gasteiger partial charge in [-0.05, 0) is 45.1 Å². The lowest BCUT2D eigenvalue weighted by Crippen LogP contribution is -2.30. The maximum Gasteiger partial charge on any atom is 0.223 e. The number of nitrogens with zero attached hydrogens (tertiary/aromatic N) is 3. The average molecular weight is 440 g/mol. The second kappa shape index (κ2) is 10.1. The first-order valence-electron chi connectivity index (χ1n) is 11.2. The van der Waals surface area contributed by atoms with E-state index in [-0.39, 0.29) is 11.8 Å². The first kappa shape index (κ1) is 21.6. The number of unbranched alkanes of at least 4 members (excludes halogenated alkanes) is 1. The molecule has 0 aromatic carbocycles. The minimum Gasteiger partial charge on any atom is -0.370 e. The van der Waals surface area contributed by atoms with Crippen LogP contribution in [0.25, 0.3) is 11.2 Å². The van der Waals surface area contributed by atoms with Crippen LogP contribution in [0.4, 0.5) is 5.82 Å². The highest BCUT2D eigenvalue weighted by atomic mass is 35.5. The van der Waals surface area contributed by atoms with Crippen LogP contribution in [0, 0.1) is 12.8 Å². The lowest BCUT2D eigenvalue weighted by Gasteiger charge is -2.13. The molecule has 1 amide bonds. The first-order valence-corrected chi connectivity index (χ1v) is 11.6. The van der Waals surface area contributed by atoms with E-state index >= 15 is 0 Å². The predicted molar refractivity (Wildman–Crippen MR) is 126 cm³/mol. The zero-order valence-corrected chi connectivity index (χ0v) is 18.8. The fourth-order valence-corrected chi connectivity index (χ4v) is 4.41. The number of hydrogen-bond donors (Lipinski definition) is 2. The molecule has 2 aliphatic carbocycles. The topological polar surface area (TPSA) is 71.3 Å². The molecule has 2 aliphatic rings. The van der Waals surface area contributed by atoms with Crippen LogP contribution in [-0.2, 0) is 4.79 Å². The zero-order chi connectivity index (χ0) is 21.6. The summed E-state index contributed by atoms with van der Waals surface area (Å²) in [5, 5.41) is 11.7. The van der Waals surface area contributed by atoms with E-state index in [1.807, 2.05) is 41.9 Å². The first-order chi connectivity index (χ1) is 15.1. The Hall–Kier alpha value is -2.60. The van der Waals surface area contributed by atoms with Crippen molar-refractivity contribution < 1.29 is 4.79 Å². The molecule has 0 radical (unpaired) electrons. The number of nitrogens with one attached hydrogen (secondary N) is 2. The van der Waals surface area contributed by atoms with E-state index in [4.69, 9.17) is 16.6 Å². The van der Waals surface area contributed by atoms with E-state index in [0.29, 0.717) is 5.03 Å². The average Bonchev–Trinajstić information content (AvgIpc) is 3.38. The molecule has 0 bridgehead atoms. The molecule has 6 nitrogen and oxygen atoms in total. The lowest BCUT2D eigenvalue weighted by atomic mass is 10.1. The van der Waals surface area contributed by atoms with Gasteiger partial charge in [-0.25, -0.2) is 4.98 Å². The predicted octanol–water partition coefficient (Wildman–Crippen LogP) is 5.00. The molecule has 0 spiro atoms. The van der Waals surface area contributed by atoms with Gasteiger partial charge in [0.1, 0.15) is 5.82 Å². The number of amides is 1. The van der Waals surface area contributed by atoms with E-state index in [0.717, 1.165) is 73.5 Å².